The number of nitrogens with zero attached hydrogens (tertiary/aromatic N) is 1. The quantitative estimate of drug-likeness (QED) is 0.574. The van der Waals surface area contributed by atoms with Crippen LogP contribution >= 0.6 is 22.9 Å². The monoisotopic (exact) mass is 325 g/mol. The third kappa shape index (κ3) is 3.87. The molecule has 2 heterocycles. The van der Waals surface area contributed by atoms with Crippen LogP contribution in [0.25, 0.3) is 0 Å². The molecule has 1 aromatic carbocycles. The number of rotatable bonds is 7. The van der Waals surface area contributed by atoms with Gasteiger partial charge in [-0.15, -0.1) is 22.9 Å². The third-order valence-corrected chi connectivity index (χ3v) is 4.35. The largest absolute Gasteiger partial charge is 0.454 e. The molecule has 0 fully saturated rings. The number of alkyl halides is 1. The van der Waals surface area contributed by atoms with E-state index < -0.39 is 0 Å². The normalized spacial score (nSPS) is 12.8. The smallest absolute Gasteiger partial charge is 0.231 e. The topological polar surface area (TPSA) is 40.6 Å². The van der Waals surface area contributed by atoms with Gasteiger partial charge in [-0.2, -0.15) is 0 Å². The number of halogens is 1. The van der Waals surface area contributed by atoms with Gasteiger partial charge in [-0.05, 0) is 24.1 Å². The number of aryl methyl sites for hydroxylation is 1. The van der Waals surface area contributed by atoms with Crippen LogP contribution in [0.2, 0.25) is 0 Å². The molecule has 112 valence electrons. The lowest BCUT2D eigenvalue weighted by Crippen LogP contribution is -1.97. The van der Waals surface area contributed by atoms with Gasteiger partial charge in [-0.1, -0.05) is 6.07 Å². The Bertz CT molecular complexity index is 602. The summed E-state index contributed by atoms with van der Waals surface area (Å²) in [6.45, 7) is 1.60. The molecule has 0 saturated carbocycles. The van der Waals surface area contributed by atoms with Gasteiger partial charge in [0.15, 0.2) is 11.5 Å². The zero-order valence-corrected chi connectivity index (χ0v) is 13.1. The Morgan fingerprint density at radius 3 is 3.05 bits per heavy atom. The summed E-state index contributed by atoms with van der Waals surface area (Å²) in [5.41, 5.74) is 2.05. The number of fused-ring (bicyclic) bond motifs is 1. The fourth-order valence-corrected chi connectivity index (χ4v) is 3.14. The predicted molar refractivity (Wildman–Crippen MR) is 82.2 cm³/mol. The molecular formula is C15H16ClNO3S. The fourth-order valence-electron chi connectivity index (χ4n) is 2.07. The second kappa shape index (κ2) is 7.11. The van der Waals surface area contributed by atoms with Crippen LogP contribution in [0, 0.1) is 0 Å². The van der Waals surface area contributed by atoms with E-state index >= 15 is 0 Å². The minimum atomic E-state index is 0.303. The van der Waals surface area contributed by atoms with Crippen LogP contribution in [0.3, 0.4) is 0 Å². The van der Waals surface area contributed by atoms with E-state index in [4.69, 9.17) is 25.8 Å². The van der Waals surface area contributed by atoms with Crippen LogP contribution in [-0.2, 0) is 23.6 Å². The molecule has 0 N–H and O–H groups in total. The van der Waals surface area contributed by atoms with Crippen molar-refractivity contribution in [2.45, 2.75) is 25.3 Å². The van der Waals surface area contributed by atoms with Crippen molar-refractivity contribution in [3.05, 3.63) is 39.8 Å². The predicted octanol–water partition coefficient (Wildman–Crippen LogP) is 3.76. The van der Waals surface area contributed by atoms with Gasteiger partial charge in [-0.3, -0.25) is 0 Å². The summed E-state index contributed by atoms with van der Waals surface area (Å²) in [6, 6.07) is 5.89. The number of hydrogen-bond donors (Lipinski definition) is 0. The summed E-state index contributed by atoms with van der Waals surface area (Å²) in [4.78, 5) is 4.42. The van der Waals surface area contributed by atoms with Crippen LogP contribution in [0.1, 0.15) is 22.7 Å². The fraction of sp³-hybridized carbons (Fsp3) is 0.400. The maximum atomic E-state index is 5.73. The molecule has 0 atom stereocenters. The van der Waals surface area contributed by atoms with Gasteiger partial charge >= 0.3 is 0 Å². The zero-order chi connectivity index (χ0) is 14.5. The van der Waals surface area contributed by atoms with Crippen molar-refractivity contribution >= 4 is 22.9 Å². The number of hydrogen-bond acceptors (Lipinski definition) is 5. The van der Waals surface area contributed by atoms with Gasteiger partial charge in [0, 0.05) is 18.4 Å². The highest BCUT2D eigenvalue weighted by Crippen LogP contribution is 2.32. The maximum absolute atomic E-state index is 5.73. The Balaban J connectivity index is 1.38. The number of ether oxygens (including phenoxy) is 3. The summed E-state index contributed by atoms with van der Waals surface area (Å²) in [7, 11) is 0. The summed E-state index contributed by atoms with van der Waals surface area (Å²) in [5, 5.41) is 3.13. The van der Waals surface area contributed by atoms with E-state index in [1.165, 1.54) is 0 Å². The first kappa shape index (κ1) is 14.6. The molecule has 0 bridgehead atoms. The lowest BCUT2D eigenvalue weighted by atomic mass is 10.2. The molecule has 1 aromatic heterocycles. The van der Waals surface area contributed by atoms with Gasteiger partial charge in [0.1, 0.15) is 0 Å². The van der Waals surface area contributed by atoms with Crippen molar-refractivity contribution in [3.63, 3.8) is 0 Å². The van der Waals surface area contributed by atoms with E-state index in [2.05, 4.69) is 4.98 Å². The van der Waals surface area contributed by atoms with Crippen LogP contribution in [0.15, 0.2) is 23.6 Å². The Kier molecular flexibility index (Phi) is 4.95. The van der Waals surface area contributed by atoms with Crippen molar-refractivity contribution in [1.82, 2.24) is 4.98 Å². The van der Waals surface area contributed by atoms with E-state index in [0.717, 1.165) is 40.6 Å². The molecule has 0 radical (unpaired) electrons. The molecular weight excluding hydrogens is 310 g/mol. The van der Waals surface area contributed by atoms with E-state index in [1.807, 2.05) is 23.6 Å². The van der Waals surface area contributed by atoms with Crippen molar-refractivity contribution < 1.29 is 14.2 Å². The molecule has 0 aliphatic carbocycles. The molecule has 1 aliphatic heterocycles. The molecule has 3 rings (SSSR count). The third-order valence-electron chi connectivity index (χ3n) is 3.12. The van der Waals surface area contributed by atoms with Gasteiger partial charge in [0.25, 0.3) is 0 Å². The molecule has 0 spiro atoms. The van der Waals surface area contributed by atoms with Crippen molar-refractivity contribution in [1.29, 1.82) is 0 Å². The molecule has 2 aromatic rings. The van der Waals surface area contributed by atoms with Crippen LogP contribution < -0.4 is 9.47 Å². The Labute approximate surface area is 132 Å². The second-order valence-corrected chi connectivity index (χ2v) is 5.92. The Hall–Kier alpha value is -1.30. The summed E-state index contributed by atoms with van der Waals surface area (Å²) >= 11 is 7.39. The van der Waals surface area contributed by atoms with Gasteiger partial charge in [0.05, 0.1) is 23.2 Å². The van der Waals surface area contributed by atoms with E-state index in [-0.39, 0.29) is 0 Å². The van der Waals surface area contributed by atoms with Crippen LogP contribution in [-0.4, -0.2) is 18.4 Å². The average molecular weight is 326 g/mol. The van der Waals surface area contributed by atoms with Gasteiger partial charge < -0.3 is 14.2 Å². The summed E-state index contributed by atoms with van der Waals surface area (Å²) in [6.07, 6.45) is 1.89. The first-order valence-electron chi connectivity index (χ1n) is 6.80. The Morgan fingerprint density at radius 1 is 1.29 bits per heavy atom. The van der Waals surface area contributed by atoms with Gasteiger partial charge in [-0.25, -0.2) is 4.98 Å². The van der Waals surface area contributed by atoms with Crippen LogP contribution in [0.4, 0.5) is 0 Å². The van der Waals surface area contributed by atoms with E-state index in [0.29, 0.717) is 25.9 Å². The SMILES string of the molecule is ClCc1csc(CCCOCc2ccc3c(c2)OCO3)n1. The maximum Gasteiger partial charge on any atom is 0.231 e. The first-order valence-corrected chi connectivity index (χ1v) is 8.22. The zero-order valence-electron chi connectivity index (χ0n) is 11.5. The standard InChI is InChI=1S/C15H16ClNO3S/c16-7-12-9-21-15(17-12)2-1-5-18-8-11-3-4-13-14(6-11)20-10-19-13/h3-4,6,9H,1-2,5,7-8,10H2. The molecule has 0 saturated heterocycles. The van der Waals surface area contributed by atoms with E-state index in [1.54, 1.807) is 11.3 Å². The van der Waals surface area contributed by atoms with Gasteiger partial charge in [0.2, 0.25) is 6.79 Å². The van der Waals surface area contributed by atoms with Crippen molar-refractivity contribution in [3.8, 4) is 11.5 Å². The highest BCUT2D eigenvalue weighted by Gasteiger charge is 2.12. The molecule has 6 heteroatoms. The lowest BCUT2D eigenvalue weighted by molar-refractivity contribution is 0.118. The van der Waals surface area contributed by atoms with Crippen molar-refractivity contribution in [2.75, 3.05) is 13.4 Å². The summed E-state index contributed by atoms with van der Waals surface area (Å²) < 4.78 is 16.3. The van der Waals surface area contributed by atoms with E-state index in [9.17, 15) is 0 Å². The molecule has 0 amide bonds. The highest BCUT2D eigenvalue weighted by molar-refractivity contribution is 7.09. The molecule has 0 unspecified atom stereocenters. The number of aromatic nitrogens is 1. The number of benzene rings is 1. The molecule has 21 heavy (non-hydrogen) atoms. The summed E-state index contributed by atoms with van der Waals surface area (Å²) in [5.74, 6) is 2.09. The average Bonchev–Trinajstić information content (AvgIpc) is 3.15. The molecule has 4 nitrogen and oxygen atoms in total. The highest BCUT2D eigenvalue weighted by atomic mass is 35.5. The van der Waals surface area contributed by atoms with Crippen molar-refractivity contribution in [2.24, 2.45) is 0 Å². The minimum Gasteiger partial charge on any atom is -0.454 e. The molecule has 1 aliphatic rings. The first-order chi connectivity index (χ1) is 10.3. The lowest BCUT2D eigenvalue weighted by Gasteiger charge is -2.05. The Morgan fingerprint density at radius 2 is 2.19 bits per heavy atom. The van der Waals surface area contributed by atoms with Crippen LogP contribution in [0.5, 0.6) is 11.5 Å². The second-order valence-electron chi connectivity index (χ2n) is 4.71. The number of thiazole rings is 1. The minimum absolute atomic E-state index is 0.303.